The molecule has 2 aromatic carbocycles. The molecule has 3 rings (SSSR count). The van der Waals surface area contributed by atoms with Gasteiger partial charge >= 0.3 is 0 Å². The van der Waals surface area contributed by atoms with Crippen LogP contribution in [0.5, 0.6) is 5.75 Å². The van der Waals surface area contributed by atoms with Crippen LogP contribution < -0.4 is 15.0 Å². The normalized spacial score (nSPS) is 12.9. The van der Waals surface area contributed by atoms with Gasteiger partial charge in [-0.25, -0.2) is 0 Å². The molecule has 122 valence electrons. The van der Waals surface area contributed by atoms with Crippen molar-refractivity contribution in [1.29, 1.82) is 0 Å². The Kier molecular flexibility index (Phi) is 4.56. The van der Waals surface area contributed by atoms with E-state index in [4.69, 9.17) is 4.74 Å². The first kappa shape index (κ1) is 15.7. The lowest BCUT2D eigenvalue weighted by Crippen LogP contribution is -2.41. The van der Waals surface area contributed by atoms with Crippen molar-refractivity contribution >= 4 is 23.3 Å². The Morgan fingerprint density at radius 2 is 1.71 bits per heavy atom. The molecule has 1 aliphatic rings. The zero-order chi connectivity index (χ0) is 16.9. The van der Waals surface area contributed by atoms with Gasteiger partial charge in [0.1, 0.15) is 18.9 Å². The number of ketones is 1. The number of carbonyl (C=O) groups excluding carboxylic acids is 3. The highest BCUT2D eigenvalue weighted by Gasteiger charge is 2.36. The van der Waals surface area contributed by atoms with Crippen molar-refractivity contribution in [3.05, 3.63) is 60.2 Å². The number of Topliss-reactive ketones (excluding diaryl/α,β-unsaturated/α-hetero) is 1. The van der Waals surface area contributed by atoms with Crippen molar-refractivity contribution in [2.75, 3.05) is 24.6 Å². The van der Waals surface area contributed by atoms with Crippen LogP contribution in [0.4, 0.5) is 5.69 Å². The number of carbonyl (C=O) groups is 3. The van der Waals surface area contributed by atoms with Gasteiger partial charge in [-0.05, 0) is 24.3 Å². The molecule has 2 amide bonds. The van der Waals surface area contributed by atoms with Crippen LogP contribution in [-0.4, -0.2) is 37.3 Å². The number of amides is 2. The lowest BCUT2D eigenvalue weighted by atomic mass is 10.1. The molecule has 0 bridgehead atoms. The average Bonchev–Trinajstić information content (AvgIpc) is 2.85. The van der Waals surface area contributed by atoms with E-state index in [1.807, 2.05) is 30.3 Å². The highest BCUT2D eigenvalue weighted by molar-refractivity contribution is 6.52. The monoisotopic (exact) mass is 324 g/mol. The number of benzene rings is 2. The van der Waals surface area contributed by atoms with Crippen molar-refractivity contribution in [1.82, 2.24) is 5.32 Å². The number of anilines is 1. The fraction of sp³-hybridized carbons (Fsp3) is 0.167. The minimum Gasteiger partial charge on any atom is -0.492 e. The molecule has 24 heavy (non-hydrogen) atoms. The van der Waals surface area contributed by atoms with Gasteiger partial charge in [0.2, 0.25) is 5.91 Å². The highest BCUT2D eigenvalue weighted by atomic mass is 16.5. The highest BCUT2D eigenvalue weighted by Crippen LogP contribution is 2.27. The second-order valence-corrected chi connectivity index (χ2v) is 5.25. The quantitative estimate of drug-likeness (QED) is 0.644. The van der Waals surface area contributed by atoms with Gasteiger partial charge in [-0.1, -0.05) is 30.3 Å². The Labute approximate surface area is 139 Å². The minimum atomic E-state index is -0.674. The van der Waals surface area contributed by atoms with E-state index in [1.54, 1.807) is 24.3 Å². The smallest absolute Gasteiger partial charge is 0.299 e. The van der Waals surface area contributed by atoms with Gasteiger partial charge in [-0.2, -0.15) is 0 Å². The lowest BCUT2D eigenvalue weighted by molar-refractivity contribution is -0.122. The van der Waals surface area contributed by atoms with E-state index < -0.39 is 11.7 Å². The largest absolute Gasteiger partial charge is 0.492 e. The Hall–Kier alpha value is -3.15. The maximum absolute atomic E-state index is 12.0. The molecule has 1 heterocycles. The first-order chi connectivity index (χ1) is 11.7. The first-order valence-corrected chi connectivity index (χ1v) is 7.56. The summed E-state index contributed by atoms with van der Waals surface area (Å²) in [5.41, 5.74) is 0.811. The van der Waals surface area contributed by atoms with Crippen LogP contribution in [0.3, 0.4) is 0 Å². The second kappa shape index (κ2) is 6.95. The summed E-state index contributed by atoms with van der Waals surface area (Å²) in [6.07, 6.45) is 0. The van der Waals surface area contributed by atoms with Gasteiger partial charge in [-0.3, -0.25) is 19.3 Å². The van der Waals surface area contributed by atoms with Crippen molar-refractivity contribution in [3.8, 4) is 5.75 Å². The fourth-order valence-electron chi connectivity index (χ4n) is 2.48. The van der Waals surface area contributed by atoms with Crippen molar-refractivity contribution in [2.24, 2.45) is 0 Å². The SMILES string of the molecule is O=C(CN1C(=O)C(=O)c2ccccc21)NCCOc1ccccc1. The third-order valence-corrected chi connectivity index (χ3v) is 3.62. The molecule has 6 heteroatoms. The van der Waals surface area contributed by atoms with E-state index in [0.717, 1.165) is 5.75 Å². The molecule has 1 N–H and O–H groups in total. The minimum absolute atomic E-state index is 0.188. The third-order valence-electron chi connectivity index (χ3n) is 3.62. The number of ether oxygens (including phenoxy) is 1. The summed E-state index contributed by atoms with van der Waals surface area (Å²) in [6.45, 7) is 0.442. The molecule has 0 aromatic heterocycles. The van der Waals surface area contributed by atoms with Crippen LogP contribution in [0.2, 0.25) is 0 Å². The van der Waals surface area contributed by atoms with Crippen molar-refractivity contribution in [2.45, 2.75) is 0 Å². The standard InChI is InChI=1S/C18H16N2O4/c21-16(19-10-11-24-13-6-2-1-3-7-13)12-20-15-9-5-4-8-14(15)17(22)18(20)23/h1-9H,10-12H2,(H,19,21). The molecule has 0 unspecified atom stereocenters. The van der Waals surface area contributed by atoms with E-state index >= 15 is 0 Å². The Morgan fingerprint density at radius 1 is 1.00 bits per heavy atom. The van der Waals surface area contributed by atoms with Crippen LogP contribution in [0.15, 0.2) is 54.6 Å². The molecule has 0 aliphatic carbocycles. The van der Waals surface area contributed by atoms with Crippen molar-refractivity contribution in [3.63, 3.8) is 0 Å². The lowest BCUT2D eigenvalue weighted by Gasteiger charge is -2.16. The molecule has 0 radical (unpaired) electrons. The zero-order valence-electron chi connectivity index (χ0n) is 12.9. The molecule has 1 aliphatic heterocycles. The molecule has 0 saturated carbocycles. The second-order valence-electron chi connectivity index (χ2n) is 5.25. The summed E-state index contributed by atoms with van der Waals surface area (Å²) in [6, 6.07) is 15.9. The van der Waals surface area contributed by atoms with Crippen LogP contribution >= 0.6 is 0 Å². The van der Waals surface area contributed by atoms with E-state index in [1.165, 1.54) is 4.90 Å². The molecule has 0 fully saturated rings. The van der Waals surface area contributed by atoms with Crippen LogP contribution in [0.25, 0.3) is 0 Å². The Bertz CT molecular complexity index is 774. The van der Waals surface area contributed by atoms with Gasteiger partial charge in [0.25, 0.3) is 11.7 Å². The molecule has 0 saturated heterocycles. The number of rotatable bonds is 6. The number of nitrogens with zero attached hydrogens (tertiary/aromatic N) is 1. The predicted molar refractivity (Wildman–Crippen MR) is 88.1 cm³/mol. The van der Waals surface area contributed by atoms with E-state index in [-0.39, 0.29) is 12.5 Å². The maximum Gasteiger partial charge on any atom is 0.299 e. The summed E-state index contributed by atoms with van der Waals surface area (Å²) >= 11 is 0. The molecular weight excluding hydrogens is 308 g/mol. The van der Waals surface area contributed by atoms with E-state index in [0.29, 0.717) is 24.4 Å². The van der Waals surface area contributed by atoms with Crippen molar-refractivity contribution < 1.29 is 19.1 Å². The van der Waals surface area contributed by atoms with E-state index in [9.17, 15) is 14.4 Å². The van der Waals surface area contributed by atoms with Gasteiger partial charge in [0.15, 0.2) is 0 Å². The number of fused-ring (bicyclic) bond motifs is 1. The Morgan fingerprint density at radius 3 is 2.50 bits per heavy atom. The summed E-state index contributed by atoms with van der Waals surface area (Å²) in [5, 5.41) is 2.68. The molecule has 6 nitrogen and oxygen atoms in total. The fourth-order valence-corrected chi connectivity index (χ4v) is 2.48. The van der Waals surface area contributed by atoms with Gasteiger partial charge in [0, 0.05) is 0 Å². The van der Waals surface area contributed by atoms with Crippen LogP contribution in [0.1, 0.15) is 10.4 Å². The molecule has 0 spiro atoms. The number of para-hydroxylation sites is 2. The van der Waals surface area contributed by atoms with Crippen LogP contribution in [0, 0.1) is 0 Å². The zero-order valence-corrected chi connectivity index (χ0v) is 12.9. The Balaban J connectivity index is 1.50. The molecular formula is C18H16N2O4. The van der Waals surface area contributed by atoms with Gasteiger partial charge < -0.3 is 10.1 Å². The summed E-state index contributed by atoms with van der Waals surface area (Å²) in [4.78, 5) is 37.0. The summed E-state index contributed by atoms with van der Waals surface area (Å²) < 4.78 is 5.47. The van der Waals surface area contributed by atoms with Gasteiger partial charge in [0.05, 0.1) is 17.8 Å². The summed E-state index contributed by atoms with van der Waals surface area (Å²) in [7, 11) is 0. The summed E-state index contributed by atoms with van der Waals surface area (Å²) in [5.74, 6) is -0.872. The topological polar surface area (TPSA) is 75.7 Å². The number of nitrogens with one attached hydrogen (secondary N) is 1. The molecule has 0 atom stereocenters. The molecule has 2 aromatic rings. The first-order valence-electron chi connectivity index (χ1n) is 7.56. The predicted octanol–water partition coefficient (Wildman–Crippen LogP) is 1.41. The number of hydrogen-bond acceptors (Lipinski definition) is 4. The van der Waals surface area contributed by atoms with Crippen LogP contribution in [-0.2, 0) is 9.59 Å². The van der Waals surface area contributed by atoms with Gasteiger partial charge in [-0.15, -0.1) is 0 Å². The maximum atomic E-state index is 12.0. The number of hydrogen-bond donors (Lipinski definition) is 1. The average molecular weight is 324 g/mol. The third kappa shape index (κ3) is 3.27. The van der Waals surface area contributed by atoms with E-state index in [2.05, 4.69) is 5.32 Å².